The monoisotopic (exact) mass is 698 g/mol. The molecule has 7 heterocycles. The average molecular weight is 699 g/mol. The smallest absolute Gasteiger partial charge is 0.259 e. The number of carbonyl (C=O) groups excluding carboxylic acids is 2. The summed E-state index contributed by atoms with van der Waals surface area (Å²) in [6.45, 7) is 5.61. The molecule has 3 aliphatic rings. The highest BCUT2D eigenvalue weighted by Gasteiger charge is 2.45. The lowest BCUT2D eigenvalue weighted by molar-refractivity contribution is -0.000510. The van der Waals surface area contributed by atoms with Gasteiger partial charge in [-0.15, -0.1) is 11.3 Å². The Kier molecular flexibility index (Phi) is 7.70. The lowest BCUT2D eigenvalue weighted by atomic mass is 9.73. The van der Waals surface area contributed by atoms with E-state index in [0.29, 0.717) is 41.3 Å². The van der Waals surface area contributed by atoms with Crippen LogP contribution < -0.4 is 15.1 Å². The van der Waals surface area contributed by atoms with E-state index in [1.807, 2.05) is 31.3 Å². The van der Waals surface area contributed by atoms with Crippen LogP contribution in [-0.4, -0.2) is 59.6 Å². The van der Waals surface area contributed by atoms with Crippen LogP contribution in [0.15, 0.2) is 85.3 Å². The van der Waals surface area contributed by atoms with Crippen molar-refractivity contribution < 1.29 is 18.7 Å². The first-order valence-corrected chi connectivity index (χ1v) is 18.0. The summed E-state index contributed by atoms with van der Waals surface area (Å²) in [6, 6.07) is 19.6. The minimum atomic E-state index is -0.404. The van der Waals surface area contributed by atoms with Crippen LogP contribution in [-0.2, 0) is 11.2 Å². The van der Waals surface area contributed by atoms with E-state index in [1.165, 1.54) is 12.1 Å². The first-order chi connectivity index (χ1) is 24.8. The van der Waals surface area contributed by atoms with Crippen molar-refractivity contribution in [1.82, 2.24) is 15.0 Å². The average Bonchev–Trinajstić information content (AvgIpc) is 3.72. The van der Waals surface area contributed by atoms with Gasteiger partial charge in [-0.2, -0.15) is 0 Å². The number of anilines is 3. The number of ether oxygens (including phenoxy) is 1. The van der Waals surface area contributed by atoms with Crippen molar-refractivity contribution >= 4 is 51.4 Å². The molecule has 2 amide bonds. The summed E-state index contributed by atoms with van der Waals surface area (Å²) >= 11 is 1.64. The van der Waals surface area contributed by atoms with Gasteiger partial charge < -0.3 is 24.8 Å². The van der Waals surface area contributed by atoms with Gasteiger partial charge in [0.15, 0.2) is 0 Å². The van der Waals surface area contributed by atoms with E-state index in [0.717, 1.165) is 82.2 Å². The lowest BCUT2D eigenvalue weighted by Gasteiger charge is -2.53. The van der Waals surface area contributed by atoms with Crippen molar-refractivity contribution in [3.8, 4) is 20.9 Å². The van der Waals surface area contributed by atoms with Crippen LogP contribution in [0.4, 0.5) is 21.6 Å². The van der Waals surface area contributed by atoms with Gasteiger partial charge >= 0.3 is 0 Å². The summed E-state index contributed by atoms with van der Waals surface area (Å²) in [5.74, 6) is -0.200. The molecule has 11 heteroatoms. The van der Waals surface area contributed by atoms with Gasteiger partial charge in [-0.25, -0.2) is 14.4 Å². The molecule has 9 rings (SSSR count). The highest BCUT2D eigenvalue weighted by molar-refractivity contribution is 7.19. The number of benzene rings is 2. The van der Waals surface area contributed by atoms with Crippen LogP contribution in [0.1, 0.15) is 44.7 Å². The van der Waals surface area contributed by atoms with Crippen molar-refractivity contribution in [2.24, 2.45) is 5.41 Å². The van der Waals surface area contributed by atoms with E-state index in [9.17, 15) is 14.0 Å². The molecule has 0 radical (unpaired) electrons. The van der Waals surface area contributed by atoms with E-state index in [2.05, 4.69) is 31.2 Å². The zero-order chi connectivity index (χ0) is 34.7. The summed E-state index contributed by atoms with van der Waals surface area (Å²) < 4.78 is 20.4. The number of nitrogens with one attached hydrogen (secondary N) is 2. The molecule has 9 nitrogen and oxygen atoms in total. The van der Waals surface area contributed by atoms with Crippen molar-refractivity contribution in [1.29, 1.82) is 0 Å². The number of fused-ring (bicyclic) bond motifs is 4. The minimum absolute atomic E-state index is 0.234. The Labute approximate surface area is 298 Å². The summed E-state index contributed by atoms with van der Waals surface area (Å²) in [7, 11) is 0. The Hall–Kier alpha value is -5.39. The van der Waals surface area contributed by atoms with Gasteiger partial charge in [-0.05, 0) is 104 Å². The maximum Gasteiger partial charge on any atom is 0.259 e. The second-order valence-electron chi connectivity index (χ2n) is 13.8. The highest BCUT2D eigenvalue weighted by Crippen LogP contribution is 2.46. The van der Waals surface area contributed by atoms with Gasteiger partial charge in [0, 0.05) is 94.4 Å². The van der Waals surface area contributed by atoms with Crippen LogP contribution in [0, 0.1) is 18.2 Å². The Morgan fingerprint density at radius 1 is 1.00 bits per heavy atom. The highest BCUT2D eigenvalue weighted by atomic mass is 32.1. The third-order valence-corrected chi connectivity index (χ3v) is 11.7. The number of carbonyl (C=O) groups is 2. The number of hydrogen-bond donors (Lipinski definition) is 2. The molecule has 0 saturated carbocycles. The van der Waals surface area contributed by atoms with Gasteiger partial charge in [0.05, 0.1) is 11.3 Å². The number of aromatic amines is 1. The quantitative estimate of drug-likeness (QED) is 0.190. The normalized spacial score (nSPS) is 16.4. The molecule has 6 aromatic rings. The molecule has 0 atom stereocenters. The van der Waals surface area contributed by atoms with E-state index in [1.54, 1.807) is 59.0 Å². The molecule has 1 spiro atoms. The summed E-state index contributed by atoms with van der Waals surface area (Å²) in [6.07, 6.45) is 8.21. The number of aromatic nitrogens is 3. The van der Waals surface area contributed by atoms with E-state index >= 15 is 0 Å². The molecule has 2 N–H and O–H groups in total. The third-order valence-electron chi connectivity index (χ3n) is 10.4. The predicted octanol–water partition coefficient (Wildman–Crippen LogP) is 7.87. The maximum absolute atomic E-state index is 14.8. The third kappa shape index (κ3) is 5.66. The first-order valence-electron chi connectivity index (χ1n) is 17.2. The standard InChI is InChI=1S/C40H35FN6O3S/c1-24-17-31(37(44-20-24)46-22-40(23-46)11-15-50-16-12-40)38(48)45-28-7-4-25(5-8-28)39(49)47-14-10-26-18-34(32-21-43-36-29(32)3-2-13-42-36)51-35(26)30-9-6-27(41)19-33(30)47/h2-9,13,17-21H,10-12,14-16,22-23H2,1H3,(H,42,43)(H,45,48). The fourth-order valence-corrected chi connectivity index (χ4v) is 8.96. The molecule has 4 aromatic heterocycles. The number of nitrogens with zero attached hydrogens (tertiary/aromatic N) is 4. The molecule has 0 unspecified atom stereocenters. The van der Waals surface area contributed by atoms with Crippen LogP contribution in [0.3, 0.4) is 0 Å². The van der Waals surface area contributed by atoms with Crippen LogP contribution in [0.5, 0.6) is 0 Å². The molecule has 2 fully saturated rings. The Balaban J connectivity index is 0.945. The fourth-order valence-electron chi connectivity index (χ4n) is 7.68. The number of aryl methyl sites for hydroxylation is 1. The lowest BCUT2D eigenvalue weighted by Crippen LogP contribution is -2.59. The molecule has 0 bridgehead atoms. The summed E-state index contributed by atoms with van der Waals surface area (Å²) in [5, 5.41) is 4.05. The summed E-state index contributed by atoms with van der Waals surface area (Å²) in [5.41, 5.74) is 7.05. The molecule has 2 aromatic carbocycles. The molecule has 3 aliphatic heterocycles. The number of hydrogen-bond acceptors (Lipinski definition) is 7. The summed E-state index contributed by atoms with van der Waals surface area (Å²) in [4.78, 5) is 46.0. The molecule has 256 valence electrons. The molecule has 51 heavy (non-hydrogen) atoms. The zero-order valence-corrected chi connectivity index (χ0v) is 28.9. The van der Waals surface area contributed by atoms with Crippen molar-refractivity contribution in [3.05, 3.63) is 113 Å². The van der Waals surface area contributed by atoms with Crippen LogP contribution in [0.2, 0.25) is 0 Å². The largest absolute Gasteiger partial charge is 0.381 e. The number of halogens is 1. The van der Waals surface area contributed by atoms with Crippen molar-refractivity contribution in [2.75, 3.05) is 48.0 Å². The van der Waals surface area contributed by atoms with Crippen LogP contribution >= 0.6 is 11.3 Å². The van der Waals surface area contributed by atoms with Gasteiger partial charge in [-0.1, -0.05) is 0 Å². The number of rotatable bonds is 5. The first kappa shape index (κ1) is 31.6. The topological polar surface area (TPSA) is 103 Å². The van der Waals surface area contributed by atoms with Crippen molar-refractivity contribution in [2.45, 2.75) is 26.2 Å². The van der Waals surface area contributed by atoms with Gasteiger partial charge in [0.2, 0.25) is 0 Å². The molecular weight excluding hydrogens is 664 g/mol. The van der Waals surface area contributed by atoms with Crippen LogP contribution in [0.25, 0.3) is 31.9 Å². The van der Waals surface area contributed by atoms with E-state index in [-0.39, 0.29) is 17.2 Å². The Morgan fingerprint density at radius 2 is 1.82 bits per heavy atom. The van der Waals surface area contributed by atoms with Crippen molar-refractivity contribution in [3.63, 3.8) is 0 Å². The number of pyridine rings is 2. The molecule has 2 saturated heterocycles. The van der Waals surface area contributed by atoms with E-state index < -0.39 is 5.82 Å². The SMILES string of the molecule is Cc1cnc(N2CC3(CCOCC3)C2)c(C(=O)Nc2ccc(C(=O)N3CCc4cc(-c5c[nH]c6ncccc56)sc4-c4ccc(F)cc43)cc2)c1. The second kappa shape index (κ2) is 12.4. The zero-order valence-electron chi connectivity index (χ0n) is 28.0. The van der Waals surface area contributed by atoms with E-state index in [4.69, 9.17) is 4.74 Å². The minimum Gasteiger partial charge on any atom is -0.381 e. The predicted molar refractivity (Wildman–Crippen MR) is 198 cm³/mol. The van der Waals surface area contributed by atoms with Gasteiger partial charge in [0.1, 0.15) is 17.3 Å². The second-order valence-corrected chi connectivity index (χ2v) is 14.9. The van der Waals surface area contributed by atoms with Gasteiger partial charge in [-0.3, -0.25) is 9.59 Å². The number of amides is 2. The molecular formula is C40H35FN6O3S. The van der Waals surface area contributed by atoms with Gasteiger partial charge in [0.25, 0.3) is 11.8 Å². The number of H-pyrrole nitrogens is 1. The number of thiophene rings is 1. The fraction of sp³-hybridized carbons (Fsp3) is 0.250. The maximum atomic E-state index is 14.8. The Morgan fingerprint density at radius 3 is 2.65 bits per heavy atom. The molecule has 0 aliphatic carbocycles. The Bertz CT molecular complexity index is 2320.